The van der Waals surface area contributed by atoms with E-state index >= 15 is 0 Å². The molecule has 1 aromatic carbocycles. The maximum absolute atomic E-state index is 6.18. The van der Waals surface area contributed by atoms with E-state index in [4.69, 9.17) is 19.9 Å². The van der Waals surface area contributed by atoms with Gasteiger partial charge < -0.3 is 19.9 Å². The van der Waals surface area contributed by atoms with Gasteiger partial charge >= 0.3 is 0 Å². The van der Waals surface area contributed by atoms with Crippen molar-refractivity contribution in [3.8, 4) is 0 Å². The van der Waals surface area contributed by atoms with Gasteiger partial charge in [-0.25, -0.2) is 0 Å². The van der Waals surface area contributed by atoms with Gasteiger partial charge in [-0.15, -0.1) is 0 Å². The summed E-state index contributed by atoms with van der Waals surface area (Å²) in [7, 11) is 1.66. The summed E-state index contributed by atoms with van der Waals surface area (Å²) in [6.07, 6.45) is 0.800. The van der Waals surface area contributed by atoms with Crippen molar-refractivity contribution < 1.29 is 14.2 Å². The molecule has 1 rings (SSSR count). The highest BCUT2D eigenvalue weighted by Gasteiger charge is 2.19. The van der Waals surface area contributed by atoms with E-state index in [1.54, 1.807) is 7.11 Å². The monoisotopic (exact) mass is 281 g/mol. The van der Waals surface area contributed by atoms with Gasteiger partial charge in [-0.2, -0.15) is 0 Å². The van der Waals surface area contributed by atoms with Gasteiger partial charge in [0.25, 0.3) is 0 Å². The normalized spacial score (nSPS) is 14.2. The smallest absolute Gasteiger partial charge is 0.0976 e. The predicted octanol–water partition coefficient (Wildman–Crippen LogP) is 2.45. The van der Waals surface area contributed by atoms with Crippen LogP contribution < -0.4 is 5.73 Å². The first-order chi connectivity index (χ1) is 9.69. The van der Waals surface area contributed by atoms with Crippen LogP contribution >= 0.6 is 0 Å². The second kappa shape index (κ2) is 9.88. The molecule has 4 heteroatoms. The maximum Gasteiger partial charge on any atom is 0.0976 e. The molecule has 0 saturated heterocycles. The highest BCUT2D eigenvalue weighted by atomic mass is 16.5. The quantitative estimate of drug-likeness (QED) is 0.669. The summed E-state index contributed by atoms with van der Waals surface area (Å²) in [6.45, 7) is 6.44. The molecule has 0 amide bonds. The highest BCUT2D eigenvalue weighted by Crippen LogP contribution is 2.22. The number of aryl methyl sites for hydroxylation is 1. The fourth-order valence-corrected chi connectivity index (χ4v) is 2.01. The van der Waals surface area contributed by atoms with Crippen molar-refractivity contribution in [3.63, 3.8) is 0 Å². The highest BCUT2D eigenvalue weighted by molar-refractivity contribution is 5.25. The van der Waals surface area contributed by atoms with E-state index in [0.29, 0.717) is 26.4 Å². The lowest BCUT2D eigenvalue weighted by molar-refractivity contribution is -0.0166. The maximum atomic E-state index is 6.18. The van der Waals surface area contributed by atoms with Gasteiger partial charge in [-0.3, -0.25) is 0 Å². The van der Waals surface area contributed by atoms with E-state index in [2.05, 4.69) is 32.0 Å². The molecular formula is C16H27NO3. The van der Waals surface area contributed by atoms with Crippen LogP contribution in [0.3, 0.4) is 0 Å². The Morgan fingerprint density at radius 2 is 1.90 bits per heavy atom. The SMILES string of the molecule is CCC(N)C(OCCOCCOC)c1cccc(C)c1. The largest absolute Gasteiger partial charge is 0.382 e. The summed E-state index contributed by atoms with van der Waals surface area (Å²) in [6, 6.07) is 8.31. The first kappa shape index (κ1) is 17.1. The first-order valence-electron chi connectivity index (χ1n) is 7.19. The summed E-state index contributed by atoms with van der Waals surface area (Å²) in [5.41, 5.74) is 8.53. The average Bonchev–Trinajstić information content (AvgIpc) is 2.46. The van der Waals surface area contributed by atoms with Crippen LogP contribution in [0.15, 0.2) is 24.3 Å². The lowest BCUT2D eigenvalue weighted by Crippen LogP contribution is -2.30. The molecule has 0 bridgehead atoms. The van der Waals surface area contributed by atoms with Crippen molar-refractivity contribution in [2.75, 3.05) is 33.5 Å². The minimum absolute atomic E-state index is 0.00391. The lowest BCUT2D eigenvalue weighted by atomic mass is 9.99. The van der Waals surface area contributed by atoms with Gasteiger partial charge in [-0.05, 0) is 18.9 Å². The second-order valence-electron chi connectivity index (χ2n) is 4.88. The van der Waals surface area contributed by atoms with Crippen molar-refractivity contribution in [1.82, 2.24) is 0 Å². The number of hydrogen-bond acceptors (Lipinski definition) is 4. The number of rotatable bonds is 10. The van der Waals surface area contributed by atoms with Crippen LogP contribution in [0.25, 0.3) is 0 Å². The van der Waals surface area contributed by atoms with Crippen molar-refractivity contribution in [3.05, 3.63) is 35.4 Å². The molecule has 2 atom stereocenters. The van der Waals surface area contributed by atoms with E-state index in [1.807, 2.05) is 6.07 Å². The molecule has 20 heavy (non-hydrogen) atoms. The zero-order valence-electron chi connectivity index (χ0n) is 12.8. The van der Waals surface area contributed by atoms with Crippen molar-refractivity contribution >= 4 is 0 Å². The molecule has 2 unspecified atom stereocenters. The Morgan fingerprint density at radius 1 is 1.15 bits per heavy atom. The van der Waals surface area contributed by atoms with Crippen LogP contribution in [-0.4, -0.2) is 39.6 Å². The van der Waals surface area contributed by atoms with Gasteiger partial charge in [0.15, 0.2) is 0 Å². The average molecular weight is 281 g/mol. The molecular weight excluding hydrogens is 254 g/mol. The van der Waals surface area contributed by atoms with Crippen LogP contribution in [0, 0.1) is 6.92 Å². The molecule has 0 aliphatic rings. The standard InChI is InChI=1S/C16H27NO3/c1-4-15(17)16(14-7-5-6-13(2)12-14)20-11-10-19-9-8-18-3/h5-7,12,15-16H,4,8-11,17H2,1-3H3. The third kappa shape index (κ3) is 6.01. The van der Waals surface area contributed by atoms with Crippen molar-refractivity contribution in [2.24, 2.45) is 5.73 Å². The Balaban J connectivity index is 2.49. The lowest BCUT2D eigenvalue weighted by Gasteiger charge is -2.24. The Kier molecular flexibility index (Phi) is 8.46. The molecule has 0 aliphatic heterocycles. The molecule has 0 radical (unpaired) electrons. The molecule has 114 valence electrons. The minimum Gasteiger partial charge on any atom is -0.382 e. The summed E-state index contributed by atoms with van der Waals surface area (Å²) in [4.78, 5) is 0. The van der Waals surface area contributed by atoms with E-state index in [1.165, 1.54) is 5.56 Å². The van der Waals surface area contributed by atoms with E-state index in [0.717, 1.165) is 12.0 Å². The Labute approximate surface area is 122 Å². The molecule has 4 nitrogen and oxygen atoms in total. The number of nitrogens with two attached hydrogens (primary N) is 1. The molecule has 0 aromatic heterocycles. The summed E-state index contributed by atoms with van der Waals surface area (Å²) >= 11 is 0. The third-order valence-corrected chi connectivity index (χ3v) is 3.19. The molecule has 1 aromatic rings. The molecule has 0 heterocycles. The molecule has 0 saturated carbocycles. The fourth-order valence-electron chi connectivity index (χ4n) is 2.01. The van der Waals surface area contributed by atoms with Gasteiger partial charge in [0.1, 0.15) is 0 Å². The van der Waals surface area contributed by atoms with Gasteiger partial charge in [-0.1, -0.05) is 36.8 Å². The molecule has 0 aliphatic carbocycles. The van der Waals surface area contributed by atoms with E-state index in [9.17, 15) is 0 Å². The first-order valence-corrected chi connectivity index (χ1v) is 7.19. The van der Waals surface area contributed by atoms with Gasteiger partial charge in [0.05, 0.1) is 32.5 Å². The summed E-state index contributed by atoms with van der Waals surface area (Å²) in [5, 5.41) is 0. The van der Waals surface area contributed by atoms with Crippen molar-refractivity contribution in [1.29, 1.82) is 0 Å². The van der Waals surface area contributed by atoms with E-state index in [-0.39, 0.29) is 12.1 Å². The van der Waals surface area contributed by atoms with Crippen LogP contribution in [0.4, 0.5) is 0 Å². The topological polar surface area (TPSA) is 53.7 Å². The van der Waals surface area contributed by atoms with Gasteiger partial charge in [0.2, 0.25) is 0 Å². The van der Waals surface area contributed by atoms with Gasteiger partial charge in [0, 0.05) is 13.2 Å². The van der Waals surface area contributed by atoms with Crippen molar-refractivity contribution in [2.45, 2.75) is 32.4 Å². The number of methoxy groups -OCH3 is 1. The van der Waals surface area contributed by atoms with E-state index < -0.39 is 0 Å². The second-order valence-corrected chi connectivity index (χ2v) is 4.88. The van der Waals surface area contributed by atoms with Crippen LogP contribution in [0.5, 0.6) is 0 Å². The number of ether oxygens (including phenoxy) is 3. The zero-order chi connectivity index (χ0) is 14.8. The van der Waals surface area contributed by atoms with Crippen LogP contribution in [0.2, 0.25) is 0 Å². The Morgan fingerprint density at radius 3 is 2.55 bits per heavy atom. The summed E-state index contributed by atoms with van der Waals surface area (Å²) < 4.78 is 16.3. The number of benzene rings is 1. The fraction of sp³-hybridized carbons (Fsp3) is 0.625. The van der Waals surface area contributed by atoms with Crippen LogP contribution in [-0.2, 0) is 14.2 Å². The zero-order valence-corrected chi connectivity index (χ0v) is 12.8. The summed E-state index contributed by atoms with van der Waals surface area (Å²) in [5.74, 6) is 0. The Hall–Kier alpha value is -0.940. The Bertz CT molecular complexity index is 370. The minimum atomic E-state index is -0.0778. The molecule has 0 fully saturated rings. The molecule has 2 N–H and O–H groups in total. The number of hydrogen-bond donors (Lipinski definition) is 1. The third-order valence-electron chi connectivity index (χ3n) is 3.19. The van der Waals surface area contributed by atoms with Crippen LogP contribution in [0.1, 0.15) is 30.6 Å². The molecule has 0 spiro atoms. The predicted molar refractivity (Wildman–Crippen MR) is 80.8 cm³/mol.